The molecule has 0 bridgehead atoms. The van der Waals surface area contributed by atoms with Crippen LogP contribution in [-0.2, 0) is 0 Å². The summed E-state index contributed by atoms with van der Waals surface area (Å²) in [7, 11) is 0. The van der Waals surface area contributed by atoms with Gasteiger partial charge in [-0.05, 0) is 25.6 Å². The molecule has 0 aliphatic carbocycles. The van der Waals surface area contributed by atoms with Crippen molar-refractivity contribution in [1.29, 1.82) is 0 Å². The van der Waals surface area contributed by atoms with Gasteiger partial charge in [0, 0.05) is 38.6 Å². The molecule has 0 atom stereocenters. The highest BCUT2D eigenvalue weighted by Gasteiger charge is 2.19. The Kier molecular flexibility index (Phi) is 5.00. The molecule has 3 heterocycles. The highest BCUT2D eigenvalue weighted by Crippen LogP contribution is 2.15. The van der Waals surface area contributed by atoms with Gasteiger partial charge >= 0.3 is 0 Å². The molecular formula is C17H22N6O. The van der Waals surface area contributed by atoms with Crippen molar-refractivity contribution < 1.29 is 4.79 Å². The van der Waals surface area contributed by atoms with Gasteiger partial charge in [-0.25, -0.2) is 9.97 Å². The molecule has 0 unspecified atom stereocenters. The maximum Gasteiger partial charge on any atom is 0.259 e. The fourth-order valence-corrected chi connectivity index (χ4v) is 2.73. The zero-order valence-electron chi connectivity index (χ0n) is 14.1. The van der Waals surface area contributed by atoms with E-state index >= 15 is 0 Å². The Hall–Kier alpha value is -2.54. The summed E-state index contributed by atoms with van der Waals surface area (Å²) >= 11 is 0. The Morgan fingerprint density at radius 1 is 1.25 bits per heavy atom. The Labute approximate surface area is 141 Å². The third kappa shape index (κ3) is 3.68. The molecule has 126 valence electrons. The van der Waals surface area contributed by atoms with Crippen LogP contribution in [0, 0.1) is 6.92 Å². The number of likely N-dealkylation sites (N-methyl/N-ethyl adjacent to an activating group) is 1. The van der Waals surface area contributed by atoms with Crippen LogP contribution < -0.4 is 10.2 Å². The number of rotatable bonds is 4. The smallest absolute Gasteiger partial charge is 0.259 e. The predicted molar refractivity (Wildman–Crippen MR) is 93.3 cm³/mol. The Morgan fingerprint density at radius 3 is 2.67 bits per heavy atom. The maximum absolute atomic E-state index is 12.4. The third-order valence-electron chi connectivity index (χ3n) is 4.23. The molecule has 24 heavy (non-hydrogen) atoms. The van der Waals surface area contributed by atoms with Crippen LogP contribution in [-0.4, -0.2) is 58.5 Å². The molecule has 3 rings (SSSR count). The lowest BCUT2D eigenvalue weighted by atomic mass is 10.2. The molecule has 1 aliphatic rings. The van der Waals surface area contributed by atoms with E-state index in [9.17, 15) is 4.79 Å². The number of aryl methyl sites for hydroxylation is 1. The van der Waals surface area contributed by atoms with Crippen LogP contribution >= 0.6 is 0 Å². The Balaban J connectivity index is 1.69. The minimum absolute atomic E-state index is 0.220. The van der Waals surface area contributed by atoms with Crippen molar-refractivity contribution >= 4 is 17.5 Å². The van der Waals surface area contributed by atoms with Crippen molar-refractivity contribution in [2.24, 2.45) is 0 Å². The molecule has 0 spiro atoms. The summed E-state index contributed by atoms with van der Waals surface area (Å²) in [6.07, 6.45) is 4.88. The van der Waals surface area contributed by atoms with Crippen LogP contribution in [0.4, 0.5) is 11.6 Å². The summed E-state index contributed by atoms with van der Waals surface area (Å²) in [5.74, 6) is 0.476. The first kappa shape index (κ1) is 16.3. The lowest BCUT2D eigenvalue weighted by Gasteiger charge is -2.34. The van der Waals surface area contributed by atoms with Crippen LogP contribution in [0.15, 0.2) is 30.7 Å². The van der Waals surface area contributed by atoms with Crippen LogP contribution in [0.3, 0.4) is 0 Å². The summed E-state index contributed by atoms with van der Waals surface area (Å²) in [5.41, 5.74) is 1.82. The summed E-state index contributed by atoms with van der Waals surface area (Å²) in [4.78, 5) is 29.8. The molecular weight excluding hydrogens is 304 g/mol. The molecule has 1 N–H and O–H groups in total. The number of carbonyl (C=O) groups is 1. The quantitative estimate of drug-likeness (QED) is 0.919. The van der Waals surface area contributed by atoms with Gasteiger partial charge in [0.05, 0.1) is 23.1 Å². The number of hydrogen-bond acceptors (Lipinski definition) is 6. The molecule has 1 aliphatic heterocycles. The summed E-state index contributed by atoms with van der Waals surface area (Å²) in [5, 5.41) is 2.81. The van der Waals surface area contributed by atoms with Gasteiger partial charge in [-0.1, -0.05) is 6.92 Å². The molecule has 0 aromatic carbocycles. The second-order valence-electron chi connectivity index (χ2n) is 5.79. The van der Waals surface area contributed by atoms with Gasteiger partial charge in [-0.15, -0.1) is 0 Å². The molecule has 2 aromatic heterocycles. The van der Waals surface area contributed by atoms with Gasteiger partial charge in [0.25, 0.3) is 5.91 Å². The van der Waals surface area contributed by atoms with E-state index in [1.165, 1.54) is 0 Å². The largest absolute Gasteiger partial charge is 0.338 e. The number of nitrogens with one attached hydrogen (secondary N) is 1. The Morgan fingerprint density at radius 2 is 2.04 bits per heavy atom. The van der Waals surface area contributed by atoms with Crippen molar-refractivity contribution in [3.05, 3.63) is 42.0 Å². The van der Waals surface area contributed by atoms with Crippen molar-refractivity contribution in [1.82, 2.24) is 19.9 Å². The summed E-state index contributed by atoms with van der Waals surface area (Å²) < 4.78 is 0. The van der Waals surface area contributed by atoms with E-state index in [1.807, 2.05) is 6.92 Å². The first-order valence-electron chi connectivity index (χ1n) is 8.19. The molecule has 2 aromatic rings. The van der Waals surface area contributed by atoms with Crippen molar-refractivity contribution in [3.8, 4) is 0 Å². The van der Waals surface area contributed by atoms with Gasteiger partial charge in [0.15, 0.2) is 0 Å². The number of pyridine rings is 1. The topological polar surface area (TPSA) is 74.2 Å². The van der Waals surface area contributed by atoms with Crippen LogP contribution in [0.5, 0.6) is 0 Å². The average Bonchev–Trinajstić information content (AvgIpc) is 2.62. The second kappa shape index (κ2) is 7.35. The summed E-state index contributed by atoms with van der Waals surface area (Å²) in [6.45, 7) is 8.94. The number of aromatic nitrogens is 3. The minimum atomic E-state index is -0.220. The lowest BCUT2D eigenvalue weighted by molar-refractivity contribution is 0.102. The van der Waals surface area contributed by atoms with Crippen LogP contribution in [0.25, 0.3) is 0 Å². The van der Waals surface area contributed by atoms with E-state index < -0.39 is 0 Å². The first-order valence-corrected chi connectivity index (χ1v) is 8.19. The number of piperazine rings is 1. The van der Waals surface area contributed by atoms with E-state index in [1.54, 1.807) is 30.7 Å². The van der Waals surface area contributed by atoms with Gasteiger partial charge in [-0.3, -0.25) is 9.78 Å². The number of carbonyl (C=O) groups excluding carboxylic acids is 1. The number of anilines is 2. The zero-order chi connectivity index (χ0) is 16.9. The minimum Gasteiger partial charge on any atom is -0.338 e. The third-order valence-corrected chi connectivity index (χ3v) is 4.23. The van der Waals surface area contributed by atoms with Gasteiger partial charge in [-0.2, -0.15) is 0 Å². The van der Waals surface area contributed by atoms with Gasteiger partial charge in [0.2, 0.25) is 5.95 Å². The normalized spacial score (nSPS) is 15.3. The molecule has 1 amide bonds. The second-order valence-corrected chi connectivity index (χ2v) is 5.79. The maximum atomic E-state index is 12.4. The molecule has 0 radical (unpaired) electrons. The molecule has 7 nitrogen and oxygen atoms in total. The fourth-order valence-electron chi connectivity index (χ4n) is 2.73. The Bertz CT molecular complexity index is 697. The van der Waals surface area contributed by atoms with Crippen molar-refractivity contribution in [2.45, 2.75) is 13.8 Å². The highest BCUT2D eigenvalue weighted by molar-refractivity contribution is 6.04. The first-order chi connectivity index (χ1) is 11.7. The van der Waals surface area contributed by atoms with E-state index in [0.29, 0.717) is 22.9 Å². The van der Waals surface area contributed by atoms with Crippen molar-refractivity contribution in [2.75, 3.05) is 42.9 Å². The van der Waals surface area contributed by atoms with Gasteiger partial charge < -0.3 is 15.1 Å². The monoisotopic (exact) mass is 326 g/mol. The molecule has 7 heteroatoms. The predicted octanol–water partition coefficient (Wildman–Crippen LogP) is 1.57. The zero-order valence-corrected chi connectivity index (χ0v) is 14.1. The SMILES string of the molecule is CCN1CCN(c2ncc(C(=O)Nc3cccnc3)c(C)n2)CC1. The standard InChI is InChI=1S/C17H22N6O/c1-3-22-7-9-23(10-8-22)17-19-12-15(13(2)20-17)16(24)21-14-5-4-6-18-11-14/h4-6,11-12H,3,7-10H2,1-2H3,(H,21,24). The van der Waals surface area contributed by atoms with E-state index in [2.05, 4.69) is 37.0 Å². The average molecular weight is 326 g/mol. The molecule has 1 saturated heterocycles. The summed E-state index contributed by atoms with van der Waals surface area (Å²) in [6, 6.07) is 3.57. The number of nitrogens with zero attached hydrogens (tertiary/aromatic N) is 5. The van der Waals surface area contributed by atoms with Crippen LogP contribution in [0.1, 0.15) is 23.0 Å². The molecule has 1 fully saturated rings. The fraction of sp³-hybridized carbons (Fsp3) is 0.412. The van der Waals surface area contributed by atoms with E-state index in [4.69, 9.17) is 0 Å². The van der Waals surface area contributed by atoms with E-state index in [0.717, 1.165) is 32.7 Å². The van der Waals surface area contributed by atoms with E-state index in [-0.39, 0.29) is 5.91 Å². The number of hydrogen-bond donors (Lipinski definition) is 1. The highest BCUT2D eigenvalue weighted by atomic mass is 16.1. The van der Waals surface area contributed by atoms with Crippen LogP contribution in [0.2, 0.25) is 0 Å². The van der Waals surface area contributed by atoms with Crippen molar-refractivity contribution in [3.63, 3.8) is 0 Å². The lowest BCUT2D eigenvalue weighted by Crippen LogP contribution is -2.46. The molecule has 0 saturated carbocycles. The van der Waals surface area contributed by atoms with Gasteiger partial charge in [0.1, 0.15) is 0 Å². The number of amides is 1.